The van der Waals surface area contributed by atoms with Crippen molar-refractivity contribution in [3.63, 3.8) is 0 Å². The van der Waals surface area contributed by atoms with Crippen LogP contribution in [0.3, 0.4) is 0 Å². The zero-order valence-corrected chi connectivity index (χ0v) is 11.1. The minimum atomic E-state index is -0.467. The molecule has 20 heavy (non-hydrogen) atoms. The highest BCUT2D eigenvalue weighted by Crippen LogP contribution is 2.20. The molecule has 0 fully saturated rings. The van der Waals surface area contributed by atoms with E-state index in [1.807, 2.05) is 42.0 Å². The van der Waals surface area contributed by atoms with Gasteiger partial charge in [0.15, 0.2) is 5.78 Å². The molecular formula is C17H14FNO. The topological polar surface area (TPSA) is 22.0 Å². The number of benzene rings is 2. The highest BCUT2D eigenvalue weighted by Gasteiger charge is 2.12. The highest BCUT2D eigenvalue weighted by molar-refractivity contribution is 5.97. The fraction of sp³-hybridized carbons (Fsp3) is 0.118. The SMILES string of the molecule is Cc1cccc2c1ccn2CC(=O)c1ccccc1F. The monoisotopic (exact) mass is 267 g/mol. The number of fused-ring (bicyclic) bond motifs is 1. The summed E-state index contributed by atoms with van der Waals surface area (Å²) >= 11 is 0. The second-order valence-corrected chi connectivity index (χ2v) is 4.85. The van der Waals surface area contributed by atoms with Crippen molar-refractivity contribution in [1.29, 1.82) is 0 Å². The molecule has 0 bridgehead atoms. The number of aromatic nitrogens is 1. The summed E-state index contributed by atoms with van der Waals surface area (Å²) in [5, 5.41) is 1.12. The van der Waals surface area contributed by atoms with E-state index in [4.69, 9.17) is 0 Å². The third kappa shape index (κ3) is 2.11. The van der Waals surface area contributed by atoms with E-state index < -0.39 is 5.82 Å². The Morgan fingerprint density at radius 2 is 1.90 bits per heavy atom. The molecule has 0 amide bonds. The minimum absolute atomic E-state index is 0.141. The predicted molar refractivity (Wildman–Crippen MR) is 77.4 cm³/mol. The van der Waals surface area contributed by atoms with Crippen LogP contribution in [-0.4, -0.2) is 10.4 Å². The normalized spacial score (nSPS) is 10.9. The number of Topliss-reactive ketones (excluding diaryl/α,β-unsaturated/α-hetero) is 1. The van der Waals surface area contributed by atoms with Crippen LogP contribution in [0.1, 0.15) is 15.9 Å². The predicted octanol–water partition coefficient (Wildman–Crippen LogP) is 3.97. The molecule has 0 unspecified atom stereocenters. The molecule has 0 N–H and O–H groups in total. The first-order chi connectivity index (χ1) is 9.66. The Morgan fingerprint density at radius 1 is 1.10 bits per heavy atom. The zero-order chi connectivity index (χ0) is 14.1. The molecular weight excluding hydrogens is 253 g/mol. The van der Waals surface area contributed by atoms with Gasteiger partial charge in [0.25, 0.3) is 0 Å². The number of halogens is 1. The molecule has 0 aliphatic carbocycles. The average Bonchev–Trinajstić information content (AvgIpc) is 2.84. The van der Waals surface area contributed by atoms with Gasteiger partial charge in [-0.15, -0.1) is 0 Å². The van der Waals surface area contributed by atoms with Gasteiger partial charge < -0.3 is 4.57 Å². The van der Waals surface area contributed by atoms with E-state index in [1.54, 1.807) is 12.1 Å². The van der Waals surface area contributed by atoms with Crippen molar-refractivity contribution in [1.82, 2.24) is 4.57 Å². The van der Waals surface area contributed by atoms with Gasteiger partial charge in [0.1, 0.15) is 5.82 Å². The maximum absolute atomic E-state index is 13.6. The van der Waals surface area contributed by atoms with Crippen molar-refractivity contribution in [3.05, 3.63) is 71.7 Å². The van der Waals surface area contributed by atoms with Gasteiger partial charge in [-0.05, 0) is 36.8 Å². The summed E-state index contributed by atoms with van der Waals surface area (Å²) in [6.07, 6.45) is 1.87. The Labute approximate surface area is 116 Å². The minimum Gasteiger partial charge on any atom is -0.340 e. The standard InChI is InChI=1S/C17H14FNO/c1-12-5-4-8-16-13(12)9-10-19(16)11-17(20)14-6-2-3-7-15(14)18/h2-10H,11H2,1H3. The summed E-state index contributed by atoms with van der Waals surface area (Å²) in [5.41, 5.74) is 2.30. The van der Waals surface area contributed by atoms with Crippen molar-refractivity contribution >= 4 is 16.7 Å². The Morgan fingerprint density at radius 3 is 2.70 bits per heavy atom. The molecule has 0 aliphatic heterocycles. The van der Waals surface area contributed by atoms with Crippen LogP contribution in [0, 0.1) is 12.7 Å². The lowest BCUT2D eigenvalue weighted by Crippen LogP contribution is -2.11. The molecule has 0 spiro atoms. The number of carbonyl (C=O) groups excluding carboxylic acids is 1. The molecule has 0 saturated carbocycles. The number of aryl methyl sites for hydroxylation is 1. The number of ketones is 1. The van der Waals surface area contributed by atoms with Gasteiger partial charge in [0, 0.05) is 17.1 Å². The summed E-state index contributed by atoms with van der Waals surface area (Å²) in [6.45, 7) is 2.18. The van der Waals surface area contributed by atoms with Gasteiger partial charge >= 0.3 is 0 Å². The van der Waals surface area contributed by atoms with Crippen molar-refractivity contribution in [2.45, 2.75) is 13.5 Å². The summed E-state index contributed by atoms with van der Waals surface area (Å²) in [7, 11) is 0. The van der Waals surface area contributed by atoms with Gasteiger partial charge in [0.05, 0.1) is 12.1 Å². The summed E-state index contributed by atoms with van der Waals surface area (Å²) in [4.78, 5) is 12.2. The molecule has 1 heterocycles. The lowest BCUT2D eigenvalue weighted by Gasteiger charge is -2.06. The molecule has 3 aromatic rings. The van der Waals surface area contributed by atoms with Crippen molar-refractivity contribution in [2.75, 3.05) is 0 Å². The van der Waals surface area contributed by atoms with Gasteiger partial charge in [0.2, 0.25) is 0 Å². The van der Waals surface area contributed by atoms with E-state index in [0.29, 0.717) is 0 Å². The quantitative estimate of drug-likeness (QED) is 0.658. The third-order valence-electron chi connectivity index (χ3n) is 3.52. The van der Waals surface area contributed by atoms with Gasteiger partial charge in [-0.25, -0.2) is 4.39 Å². The van der Waals surface area contributed by atoms with Crippen molar-refractivity contribution in [3.8, 4) is 0 Å². The smallest absolute Gasteiger partial charge is 0.185 e. The van der Waals surface area contributed by atoms with Crippen LogP contribution in [0.15, 0.2) is 54.7 Å². The van der Waals surface area contributed by atoms with E-state index in [1.165, 1.54) is 17.7 Å². The van der Waals surface area contributed by atoms with E-state index in [9.17, 15) is 9.18 Å². The van der Waals surface area contributed by atoms with Crippen LogP contribution in [0.2, 0.25) is 0 Å². The number of carbonyl (C=O) groups is 1. The Kier molecular flexibility index (Phi) is 3.11. The fourth-order valence-electron chi connectivity index (χ4n) is 2.44. The van der Waals surface area contributed by atoms with E-state index >= 15 is 0 Å². The molecule has 0 atom stereocenters. The van der Waals surface area contributed by atoms with Gasteiger partial charge in [-0.3, -0.25) is 4.79 Å². The van der Waals surface area contributed by atoms with Crippen molar-refractivity contribution < 1.29 is 9.18 Å². The summed E-state index contributed by atoms with van der Waals surface area (Å²) in [6, 6.07) is 14.0. The molecule has 100 valence electrons. The van der Waals surface area contributed by atoms with Gasteiger partial charge in [-0.2, -0.15) is 0 Å². The molecule has 0 aliphatic rings. The molecule has 0 radical (unpaired) electrons. The zero-order valence-electron chi connectivity index (χ0n) is 11.1. The first-order valence-corrected chi connectivity index (χ1v) is 6.49. The van der Waals surface area contributed by atoms with E-state index in [2.05, 4.69) is 0 Å². The van der Waals surface area contributed by atoms with Crippen LogP contribution in [-0.2, 0) is 6.54 Å². The number of hydrogen-bond donors (Lipinski definition) is 0. The molecule has 2 aromatic carbocycles. The Bertz CT molecular complexity index is 789. The largest absolute Gasteiger partial charge is 0.340 e. The molecule has 0 saturated heterocycles. The molecule has 3 heteroatoms. The number of rotatable bonds is 3. The Hall–Kier alpha value is -2.42. The first-order valence-electron chi connectivity index (χ1n) is 6.49. The molecule has 2 nitrogen and oxygen atoms in total. The summed E-state index contributed by atoms with van der Waals surface area (Å²) < 4.78 is 15.5. The number of hydrogen-bond acceptors (Lipinski definition) is 1. The Balaban J connectivity index is 1.96. The number of nitrogens with zero attached hydrogens (tertiary/aromatic N) is 1. The van der Waals surface area contributed by atoms with E-state index in [0.717, 1.165) is 10.9 Å². The first kappa shape index (κ1) is 12.6. The van der Waals surface area contributed by atoms with E-state index in [-0.39, 0.29) is 17.9 Å². The van der Waals surface area contributed by atoms with Crippen LogP contribution in [0.5, 0.6) is 0 Å². The fourth-order valence-corrected chi connectivity index (χ4v) is 2.44. The maximum Gasteiger partial charge on any atom is 0.185 e. The summed E-state index contributed by atoms with van der Waals surface area (Å²) in [5.74, 6) is -0.688. The van der Waals surface area contributed by atoms with Crippen LogP contribution >= 0.6 is 0 Å². The second kappa shape index (κ2) is 4.93. The molecule has 3 rings (SSSR count). The lowest BCUT2D eigenvalue weighted by atomic mass is 10.1. The molecule has 1 aromatic heterocycles. The van der Waals surface area contributed by atoms with Crippen LogP contribution in [0.25, 0.3) is 10.9 Å². The highest BCUT2D eigenvalue weighted by atomic mass is 19.1. The lowest BCUT2D eigenvalue weighted by molar-refractivity contribution is 0.0969. The van der Waals surface area contributed by atoms with Crippen LogP contribution in [0.4, 0.5) is 4.39 Å². The third-order valence-corrected chi connectivity index (χ3v) is 3.52. The van der Waals surface area contributed by atoms with Gasteiger partial charge in [-0.1, -0.05) is 24.3 Å². The van der Waals surface area contributed by atoms with Crippen molar-refractivity contribution in [2.24, 2.45) is 0 Å². The second-order valence-electron chi connectivity index (χ2n) is 4.85. The maximum atomic E-state index is 13.6. The average molecular weight is 267 g/mol. The van der Waals surface area contributed by atoms with Crippen LogP contribution < -0.4 is 0 Å².